The highest BCUT2D eigenvalue weighted by atomic mass is 16.3. The molecular formula is C14H22N2O3. The second kappa shape index (κ2) is 6.02. The second-order valence-corrected chi connectivity index (χ2v) is 5.64. The molecule has 1 unspecified atom stereocenters. The van der Waals surface area contributed by atoms with E-state index in [1.54, 1.807) is 6.92 Å². The number of amides is 1. The van der Waals surface area contributed by atoms with Gasteiger partial charge in [0.05, 0.1) is 5.60 Å². The number of aromatic amines is 1. The van der Waals surface area contributed by atoms with Crippen LogP contribution in [0.25, 0.3) is 0 Å². The highest BCUT2D eigenvalue weighted by Crippen LogP contribution is 2.15. The molecule has 1 amide bonds. The van der Waals surface area contributed by atoms with E-state index in [-0.39, 0.29) is 18.2 Å². The van der Waals surface area contributed by atoms with Crippen LogP contribution in [0.2, 0.25) is 0 Å². The third kappa shape index (κ3) is 4.87. The summed E-state index contributed by atoms with van der Waals surface area (Å²) in [7, 11) is 0. The van der Waals surface area contributed by atoms with Gasteiger partial charge in [-0.3, -0.25) is 9.59 Å². The number of nitrogens with one attached hydrogen (secondary N) is 2. The molecule has 106 valence electrons. The van der Waals surface area contributed by atoms with Crippen molar-refractivity contribution in [2.75, 3.05) is 6.54 Å². The maximum absolute atomic E-state index is 11.8. The van der Waals surface area contributed by atoms with Gasteiger partial charge in [-0.2, -0.15) is 0 Å². The Kier molecular flexibility index (Phi) is 4.89. The van der Waals surface area contributed by atoms with E-state index in [1.165, 1.54) is 19.2 Å². The molecule has 1 aromatic rings. The molecule has 1 atom stereocenters. The highest BCUT2D eigenvalue weighted by molar-refractivity contribution is 5.99. The predicted octanol–water partition coefficient (Wildman–Crippen LogP) is 1.74. The van der Waals surface area contributed by atoms with Crippen molar-refractivity contribution in [2.45, 2.75) is 39.7 Å². The summed E-state index contributed by atoms with van der Waals surface area (Å²) in [5.41, 5.74) is -0.135. The molecule has 1 rings (SSSR count). The molecule has 5 heteroatoms. The van der Waals surface area contributed by atoms with Gasteiger partial charge in [-0.1, -0.05) is 13.8 Å². The zero-order valence-electron chi connectivity index (χ0n) is 11.9. The third-order valence-corrected chi connectivity index (χ3v) is 2.81. The second-order valence-electron chi connectivity index (χ2n) is 5.64. The van der Waals surface area contributed by atoms with Gasteiger partial charge in [0.2, 0.25) is 0 Å². The zero-order chi connectivity index (χ0) is 14.6. The smallest absolute Gasteiger partial charge is 0.267 e. The number of aliphatic hydroxyl groups is 1. The van der Waals surface area contributed by atoms with E-state index in [0.717, 1.165) is 0 Å². The van der Waals surface area contributed by atoms with Crippen LogP contribution in [0.4, 0.5) is 0 Å². The average Bonchev–Trinajstić information content (AvgIpc) is 2.73. The minimum Gasteiger partial charge on any atom is -0.388 e. The molecule has 5 nitrogen and oxygen atoms in total. The number of hydrogen-bond acceptors (Lipinski definition) is 3. The standard InChI is InChI=1S/C14H22N2O3/c1-9(2)6-14(4,19)8-16-13(18)12-5-11(7-15-12)10(3)17/h5,7,9,15,19H,6,8H2,1-4H3,(H,16,18). The van der Waals surface area contributed by atoms with Gasteiger partial charge in [0.25, 0.3) is 5.91 Å². The number of aromatic nitrogens is 1. The Morgan fingerprint density at radius 1 is 1.47 bits per heavy atom. The highest BCUT2D eigenvalue weighted by Gasteiger charge is 2.23. The summed E-state index contributed by atoms with van der Waals surface area (Å²) >= 11 is 0. The number of rotatable bonds is 6. The Hall–Kier alpha value is -1.62. The molecule has 0 aliphatic heterocycles. The Balaban J connectivity index is 2.57. The summed E-state index contributed by atoms with van der Waals surface area (Å²) in [6.07, 6.45) is 2.11. The summed E-state index contributed by atoms with van der Waals surface area (Å²) < 4.78 is 0. The van der Waals surface area contributed by atoms with E-state index in [4.69, 9.17) is 0 Å². The summed E-state index contributed by atoms with van der Waals surface area (Å²) in [4.78, 5) is 25.7. The molecule has 0 aliphatic rings. The molecule has 0 aliphatic carbocycles. The Labute approximate surface area is 113 Å². The van der Waals surface area contributed by atoms with Crippen LogP contribution < -0.4 is 5.32 Å². The van der Waals surface area contributed by atoms with Crippen molar-refractivity contribution in [2.24, 2.45) is 5.92 Å². The number of hydrogen-bond donors (Lipinski definition) is 3. The summed E-state index contributed by atoms with van der Waals surface area (Å²) in [6, 6.07) is 1.51. The SMILES string of the molecule is CC(=O)c1c[nH]c(C(=O)NCC(C)(O)CC(C)C)c1. The van der Waals surface area contributed by atoms with Crippen molar-refractivity contribution in [3.8, 4) is 0 Å². The molecule has 0 fully saturated rings. The van der Waals surface area contributed by atoms with Gasteiger partial charge in [-0.05, 0) is 32.3 Å². The Bertz CT molecular complexity index is 461. The minimum atomic E-state index is -0.931. The van der Waals surface area contributed by atoms with E-state index >= 15 is 0 Å². The first-order valence-electron chi connectivity index (χ1n) is 6.41. The molecule has 19 heavy (non-hydrogen) atoms. The van der Waals surface area contributed by atoms with E-state index in [0.29, 0.717) is 23.6 Å². The van der Waals surface area contributed by atoms with Gasteiger partial charge >= 0.3 is 0 Å². The van der Waals surface area contributed by atoms with Crippen molar-refractivity contribution in [1.29, 1.82) is 0 Å². The molecule has 0 bridgehead atoms. The quantitative estimate of drug-likeness (QED) is 0.686. The van der Waals surface area contributed by atoms with Crippen LogP contribution in [-0.4, -0.2) is 33.9 Å². The van der Waals surface area contributed by atoms with Crippen molar-refractivity contribution in [3.05, 3.63) is 23.5 Å². The lowest BCUT2D eigenvalue weighted by Gasteiger charge is -2.25. The number of H-pyrrole nitrogens is 1. The minimum absolute atomic E-state index is 0.0953. The average molecular weight is 266 g/mol. The molecule has 0 aromatic carbocycles. The molecule has 0 radical (unpaired) electrons. The van der Waals surface area contributed by atoms with E-state index in [9.17, 15) is 14.7 Å². The first-order chi connectivity index (χ1) is 8.71. The number of carbonyl (C=O) groups excluding carboxylic acids is 2. The Morgan fingerprint density at radius 3 is 2.58 bits per heavy atom. The Morgan fingerprint density at radius 2 is 2.11 bits per heavy atom. The predicted molar refractivity (Wildman–Crippen MR) is 73.2 cm³/mol. The van der Waals surface area contributed by atoms with Gasteiger partial charge in [-0.25, -0.2) is 0 Å². The summed E-state index contributed by atoms with van der Waals surface area (Å²) in [5, 5.41) is 12.8. The van der Waals surface area contributed by atoms with Crippen LogP contribution in [0, 0.1) is 5.92 Å². The van der Waals surface area contributed by atoms with Gasteiger partial charge in [0.15, 0.2) is 5.78 Å². The van der Waals surface area contributed by atoms with E-state index < -0.39 is 5.60 Å². The first-order valence-corrected chi connectivity index (χ1v) is 6.41. The summed E-state index contributed by atoms with van der Waals surface area (Å²) in [5.74, 6) is -0.0691. The van der Waals surface area contributed by atoms with E-state index in [1.807, 2.05) is 13.8 Å². The fourth-order valence-electron chi connectivity index (χ4n) is 2.05. The van der Waals surface area contributed by atoms with Crippen LogP contribution in [0.3, 0.4) is 0 Å². The van der Waals surface area contributed by atoms with Crippen LogP contribution in [0.1, 0.15) is 55.0 Å². The molecule has 1 aromatic heterocycles. The van der Waals surface area contributed by atoms with Crippen LogP contribution in [-0.2, 0) is 0 Å². The normalized spacial score (nSPS) is 14.2. The van der Waals surface area contributed by atoms with Gasteiger partial charge in [0.1, 0.15) is 5.69 Å². The largest absolute Gasteiger partial charge is 0.388 e. The number of carbonyl (C=O) groups is 2. The van der Waals surface area contributed by atoms with Gasteiger partial charge in [-0.15, -0.1) is 0 Å². The van der Waals surface area contributed by atoms with Crippen molar-refractivity contribution in [3.63, 3.8) is 0 Å². The maximum Gasteiger partial charge on any atom is 0.267 e. The lowest BCUT2D eigenvalue weighted by atomic mass is 9.94. The zero-order valence-corrected chi connectivity index (χ0v) is 11.9. The topological polar surface area (TPSA) is 82.2 Å². The fourth-order valence-corrected chi connectivity index (χ4v) is 2.05. The molecule has 1 heterocycles. The van der Waals surface area contributed by atoms with Crippen LogP contribution in [0.15, 0.2) is 12.3 Å². The fraction of sp³-hybridized carbons (Fsp3) is 0.571. The van der Waals surface area contributed by atoms with Crippen LogP contribution in [0.5, 0.6) is 0 Å². The monoisotopic (exact) mass is 266 g/mol. The number of ketones is 1. The van der Waals surface area contributed by atoms with Crippen molar-refractivity contribution < 1.29 is 14.7 Å². The van der Waals surface area contributed by atoms with Crippen LogP contribution >= 0.6 is 0 Å². The molecule has 3 N–H and O–H groups in total. The maximum atomic E-state index is 11.8. The third-order valence-electron chi connectivity index (χ3n) is 2.81. The molecule has 0 spiro atoms. The summed E-state index contributed by atoms with van der Waals surface area (Å²) in [6.45, 7) is 7.35. The lowest BCUT2D eigenvalue weighted by molar-refractivity contribution is 0.0367. The molecule has 0 saturated heterocycles. The van der Waals surface area contributed by atoms with Crippen molar-refractivity contribution >= 4 is 11.7 Å². The van der Waals surface area contributed by atoms with Gasteiger partial charge in [0, 0.05) is 18.3 Å². The first kappa shape index (κ1) is 15.4. The lowest BCUT2D eigenvalue weighted by Crippen LogP contribution is -2.41. The molecular weight excluding hydrogens is 244 g/mol. The van der Waals surface area contributed by atoms with E-state index in [2.05, 4.69) is 10.3 Å². The number of Topliss-reactive ketones (excluding diaryl/α,β-unsaturated/α-hetero) is 1. The van der Waals surface area contributed by atoms with Crippen molar-refractivity contribution in [1.82, 2.24) is 10.3 Å². The molecule has 0 saturated carbocycles. The van der Waals surface area contributed by atoms with Gasteiger partial charge < -0.3 is 15.4 Å².